The highest BCUT2D eigenvalue weighted by Gasteiger charge is 2.69. The standard InChI is InChI=1S/C22H28O4/c1-13-10-14-11-15(23)4-6-20(14,2)19-17(24)12-21(3)16(18(13)19)5-7-22(21)25-8-9-26-22/h4,6,11,13,16,18-19H,5,7-10,12H2,1-3H3/t13-,16?,18?,19?,20?,21?/m1/s1. The van der Waals surface area contributed by atoms with E-state index in [9.17, 15) is 9.59 Å². The first-order valence-electron chi connectivity index (χ1n) is 10.1. The summed E-state index contributed by atoms with van der Waals surface area (Å²) in [5.41, 5.74) is 0.607. The Bertz CT molecular complexity index is 743. The van der Waals surface area contributed by atoms with Crippen LogP contribution in [0, 0.1) is 34.5 Å². The molecule has 0 amide bonds. The number of ether oxygens (including phenoxy) is 2. The lowest BCUT2D eigenvalue weighted by molar-refractivity contribution is -0.240. The van der Waals surface area contributed by atoms with Crippen molar-refractivity contribution < 1.29 is 19.1 Å². The van der Waals surface area contributed by atoms with Crippen molar-refractivity contribution in [1.82, 2.24) is 0 Å². The predicted molar refractivity (Wildman–Crippen MR) is 96.2 cm³/mol. The second-order valence-electron chi connectivity index (χ2n) is 9.58. The highest BCUT2D eigenvalue weighted by atomic mass is 16.7. The smallest absolute Gasteiger partial charge is 0.178 e. The Morgan fingerprint density at radius 1 is 1.15 bits per heavy atom. The molecule has 0 aromatic heterocycles. The summed E-state index contributed by atoms with van der Waals surface area (Å²) >= 11 is 0. The molecular formula is C22H28O4. The molecule has 1 saturated heterocycles. The van der Waals surface area contributed by atoms with Gasteiger partial charge in [-0.2, -0.15) is 0 Å². The summed E-state index contributed by atoms with van der Waals surface area (Å²) in [5, 5.41) is 0. The SMILES string of the molecule is C[C@@H]1CC2=CC(=O)C=CC2(C)C2C(=O)CC3(C)C(CCC34OCCO4)C21. The van der Waals surface area contributed by atoms with Crippen LogP contribution in [0.5, 0.6) is 0 Å². The van der Waals surface area contributed by atoms with E-state index in [1.807, 2.05) is 6.08 Å². The van der Waals surface area contributed by atoms with Crippen molar-refractivity contribution in [1.29, 1.82) is 0 Å². The lowest BCUT2D eigenvalue weighted by atomic mass is 9.45. The Kier molecular flexibility index (Phi) is 3.36. The zero-order valence-corrected chi connectivity index (χ0v) is 15.9. The number of ketones is 2. The lowest BCUT2D eigenvalue weighted by Crippen LogP contribution is -2.60. The third-order valence-corrected chi connectivity index (χ3v) is 8.41. The van der Waals surface area contributed by atoms with Crippen LogP contribution >= 0.6 is 0 Å². The molecule has 1 aliphatic heterocycles. The van der Waals surface area contributed by atoms with Crippen LogP contribution in [0.15, 0.2) is 23.8 Å². The van der Waals surface area contributed by atoms with Crippen molar-refractivity contribution >= 4 is 11.6 Å². The number of fused-ring (bicyclic) bond motifs is 6. The predicted octanol–water partition coefficient (Wildman–Crippen LogP) is 3.46. The van der Waals surface area contributed by atoms with Crippen LogP contribution in [-0.2, 0) is 19.1 Å². The van der Waals surface area contributed by atoms with Gasteiger partial charge in [-0.05, 0) is 42.7 Å². The summed E-state index contributed by atoms with van der Waals surface area (Å²) in [4.78, 5) is 25.5. The van der Waals surface area contributed by atoms with Crippen molar-refractivity contribution in [3.05, 3.63) is 23.8 Å². The molecule has 0 radical (unpaired) electrons. The van der Waals surface area contributed by atoms with Crippen LogP contribution in [0.2, 0.25) is 0 Å². The monoisotopic (exact) mass is 356 g/mol. The van der Waals surface area contributed by atoms with Gasteiger partial charge >= 0.3 is 0 Å². The summed E-state index contributed by atoms with van der Waals surface area (Å²) in [6.07, 6.45) is 8.85. The second-order valence-corrected chi connectivity index (χ2v) is 9.58. The van der Waals surface area contributed by atoms with Gasteiger partial charge in [-0.1, -0.05) is 32.4 Å². The van der Waals surface area contributed by atoms with Crippen molar-refractivity contribution in [2.24, 2.45) is 34.5 Å². The molecule has 3 saturated carbocycles. The Hall–Kier alpha value is -1.26. The van der Waals surface area contributed by atoms with E-state index in [4.69, 9.17) is 9.47 Å². The first kappa shape index (κ1) is 16.9. The van der Waals surface area contributed by atoms with Gasteiger partial charge < -0.3 is 9.47 Å². The van der Waals surface area contributed by atoms with Gasteiger partial charge in [-0.3, -0.25) is 9.59 Å². The molecule has 5 unspecified atom stereocenters. The van der Waals surface area contributed by atoms with Gasteiger partial charge in [0.2, 0.25) is 0 Å². The molecule has 140 valence electrons. The summed E-state index contributed by atoms with van der Waals surface area (Å²) in [5.74, 6) is 0.946. The van der Waals surface area contributed by atoms with Crippen LogP contribution in [0.1, 0.15) is 46.5 Å². The number of Topliss-reactive ketones (excluding diaryl/α,β-unsaturated/α-hetero) is 1. The van der Waals surface area contributed by atoms with E-state index in [0.717, 1.165) is 24.8 Å². The van der Waals surface area contributed by atoms with E-state index in [0.29, 0.717) is 43.2 Å². The number of carbonyl (C=O) groups excluding carboxylic acids is 2. The quantitative estimate of drug-likeness (QED) is 0.667. The van der Waals surface area contributed by atoms with Crippen LogP contribution < -0.4 is 0 Å². The van der Waals surface area contributed by atoms with Gasteiger partial charge in [0.25, 0.3) is 0 Å². The highest BCUT2D eigenvalue weighted by Crippen LogP contribution is 2.68. The lowest BCUT2D eigenvalue weighted by Gasteiger charge is -2.58. The Balaban J connectivity index is 1.60. The molecule has 0 N–H and O–H groups in total. The van der Waals surface area contributed by atoms with Gasteiger partial charge in [0.05, 0.1) is 13.2 Å². The highest BCUT2D eigenvalue weighted by molar-refractivity contribution is 6.01. The molecule has 5 rings (SSSR count). The summed E-state index contributed by atoms with van der Waals surface area (Å²) in [7, 11) is 0. The number of carbonyl (C=O) groups is 2. The fraction of sp³-hybridized carbons (Fsp3) is 0.727. The van der Waals surface area contributed by atoms with Crippen molar-refractivity contribution in [2.75, 3.05) is 13.2 Å². The molecule has 1 heterocycles. The molecule has 0 aromatic carbocycles. The van der Waals surface area contributed by atoms with Gasteiger partial charge in [-0.15, -0.1) is 0 Å². The fourth-order valence-corrected chi connectivity index (χ4v) is 7.22. The van der Waals surface area contributed by atoms with E-state index in [1.165, 1.54) is 0 Å². The van der Waals surface area contributed by atoms with Gasteiger partial charge in [-0.25, -0.2) is 0 Å². The summed E-state index contributed by atoms with van der Waals surface area (Å²) in [6, 6.07) is 0. The van der Waals surface area contributed by atoms with Crippen molar-refractivity contribution in [3.8, 4) is 0 Å². The van der Waals surface area contributed by atoms with Crippen LogP contribution in [0.4, 0.5) is 0 Å². The van der Waals surface area contributed by atoms with E-state index >= 15 is 0 Å². The van der Waals surface area contributed by atoms with E-state index in [2.05, 4.69) is 20.8 Å². The molecule has 0 bridgehead atoms. The van der Waals surface area contributed by atoms with E-state index in [1.54, 1.807) is 12.2 Å². The van der Waals surface area contributed by atoms with Crippen molar-refractivity contribution in [2.45, 2.75) is 52.2 Å². The maximum Gasteiger partial charge on any atom is 0.178 e. The average molecular weight is 356 g/mol. The number of rotatable bonds is 0. The summed E-state index contributed by atoms with van der Waals surface area (Å²) < 4.78 is 12.3. The molecule has 0 aromatic rings. The molecule has 4 aliphatic carbocycles. The molecule has 4 heteroatoms. The van der Waals surface area contributed by atoms with Gasteiger partial charge in [0, 0.05) is 29.6 Å². The van der Waals surface area contributed by atoms with Gasteiger partial charge in [0.1, 0.15) is 5.78 Å². The second kappa shape index (κ2) is 5.17. The zero-order chi connectivity index (χ0) is 18.3. The number of hydrogen-bond acceptors (Lipinski definition) is 4. The fourth-order valence-electron chi connectivity index (χ4n) is 7.22. The first-order valence-corrected chi connectivity index (χ1v) is 10.1. The minimum absolute atomic E-state index is 0.0310. The Morgan fingerprint density at radius 2 is 1.88 bits per heavy atom. The molecule has 6 atom stereocenters. The van der Waals surface area contributed by atoms with Crippen LogP contribution in [0.25, 0.3) is 0 Å². The third-order valence-electron chi connectivity index (χ3n) is 8.41. The van der Waals surface area contributed by atoms with E-state index in [-0.39, 0.29) is 22.5 Å². The zero-order valence-electron chi connectivity index (χ0n) is 15.9. The summed E-state index contributed by atoms with van der Waals surface area (Å²) in [6.45, 7) is 7.93. The molecule has 26 heavy (non-hydrogen) atoms. The topological polar surface area (TPSA) is 52.6 Å². The largest absolute Gasteiger partial charge is 0.347 e. The minimum atomic E-state index is -0.562. The van der Waals surface area contributed by atoms with Crippen LogP contribution in [-0.4, -0.2) is 30.6 Å². The van der Waals surface area contributed by atoms with Crippen LogP contribution in [0.3, 0.4) is 0 Å². The van der Waals surface area contributed by atoms with E-state index < -0.39 is 5.79 Å². The first-order chi connectivity index (χ1) is 12.3. The maximum atomic E-state index is 13.5. The Morgan fingerprint density at radius 3 is 2.62 bits per heavy atom. The molecule has 4 fully saturated rings. The minimum Gasteiger partial charge on any atom is -0.347 e. The molecule has 1 spiro atoms. The molecular weight excluding hydrogens is 328 g/mol. The molecule has 4 nitrogen and oxygen atoms in total. The van der Waals surface area contributed by atoms with Crippen molar-refractivity contribution in [3.63, 3.8) is 0 Å². The molecule has 5 aliphatic rings. The number of allylic oxidation sites excluding steroid dienone is 4. The average Bonchev–Trinajstić information content (AvgIpc) is 3.16. The maximum absolute atomic E-state index is 13.5. The Labute approximate surface area is 155 Å². The third kappa shape index (κ3) is 1.87. The normalized spacial score (nSPS) is 49.0. The number of hydrogen-bond donors (Lipinski definition) is 0. The van der Waals surface area contributed by atoms with Gasteiger partial charge in [0.15, 0.2) is 11.6 Å².